The maximum atomic E-state index is 11.5. The number of thioether (sulfide) groups is 1. The van der Waals surface area contributed by atoms with Crippen molar-refractivity contribution in [3.05, 3.63) is 0 Å². The summed E-state index contributed by atoms with van der Waals surface area (Å²) in [5, 5.41) is 9.91. The van der Waals surface area contributed by atoms with E-state index in [0.29, 0.717) is 17.6 Å². The van der Waals surface area contributed by atoms with Crippen LogP contribution in [0, 0.1) is 5.92 Å². The molecule has 0 heterocycles. The molecular weight excluding hydrogens is 220 g/mol. The van der Waals surface area contributed by atoms with E-state index in [9.17, 15) is 9.90 Å². The van der Waals surface area contributed by atoms with Gasteiger partial charge in [-0.15, -0.1) is 11.8 Å². The molecular formula is C13H26O2S. The number of carbonyl (C=O) groups is 1. The fraction of sp³-hybridized carbons (Fsp3) is 0.923. The first-order valence-corrected chi connectivity index (χ1v) is 7.21. The first kappa shape index (κ1) is 15.8. The molecule has 3 unspecified atom stereocenters. The summed E-state index contributed by atoms with van der Waals surface area (Å²) in [5.74, 6) is -0.159. The number of carboxylic acid groups (broad SMARTS) is 1. The topological polar surface area (TPSA) is 37.3 Å². The third-order valence-electron chi connectivity index (χ3n) is 3.34. The molecule has 0 aliphatic rings. The van der Waals surface area contributed by atoms with Gasteiger partial charge in [-0.2, -0.15) is 0 Å². The number of hydrogen-bond acceptors (Lipinski definition) is 2. The lowest BCUT2D eigenvalue weighted by Gasteiger charge is -2.32. The second kappa shape index (κ2) is 7.21. The molecule has 0 radical (unpaired) electrons. The molecule has 2 nitrogen and oxygen atoms in total. The second-order valence-electron chi connectivity index (χ2n) is 4.71. The molecule has 0 aromatic heterocycles. The van der Waals surface area contributed by atoms with E-state index in [4.69, 9.17) is 0 Å². The van der Waals surface area contributed by atoms with E-state index >= 15 is 0 Å². The highest BCUT2D eigenvalue weighted by atomic mass is 32.2. The molecule has 0 aliphatic carbocycles. The zero-order valence-corrected chi connectivity index (χ0v) is 12.1. The number of rotatable bonds is 8. The van der Waals surface area contributed by atoms with Crippen molar-refractivity contribution in [2.75, 3.05) is 0 Å². The van der Waals surface area contributed by atoms with E-state index in [1.54, 1.807) is 11.8 Å². The molecule has 0 rings (SSSR count). The minimum absolute atomic E-state index is 0.417. The van der Waals surface area contributed by atoms with Crippen molar-refractivity contribution in [2.24, 2.45) is 5.92 Å². The Bertz CT molecular complexity index is 204. The summed E-state index contributed by atoms with van der Waals surface area (Å²) in [4.78, 5) is 11.5. The van der Waals surface area contributed by atoms with Crippen LogP contribution in [0.3, 0.4) is 0 Å². The summed E-state index contributed by atoms with van der Waals surface area (Å²) >= 11 is 1.64. The van der Waals surface area contributed by atoms with Gasteiger partial charge in [0, 0.05) is 5.25 Å². The summed E-state index contributed by atoms with van der Waals surface area (Å²) in [6.45, 7) is 10.5. The Kier molecular flexibility index (Phi) is 7.12. The van der Waals surface area contributed by atoms with Crippen molar-refractivity contribution in [1.82, 2.24) is 0 Å². The van der Waals surface area contributed by atoms with Gasteiger partial charge in [-0.1, -0.05) is 41.0 Å². The molecule has 0 saturated carbocycles. The van der Waals surface area contributed by atoms with Crippen LogP contribution >= 0.6 is 11.8 Å². The van der Waals surface area contributed by atoms with Crippen molar-refractivity contribution >= 4 is 17.7 Å². The van der Waals surface area contributed by atoms with Gasteiger partial charge in [0.1, 0.15) is 4.75 Å². The maximum absolute atomic E-state index is 11.5. The summed E-state index contributed by atoms with van der Waals surface area (Å²) in [6.07, 6.45) is 3.57. The predicted molar refractivity (Wildman–Crippen MR) is 72.1 cm³/mol. The van der Waals surface area contributed by atoms with Gasteiger partial charge < -0.3 is 5.11 Å². The van der Waals surface area contributed by atoms with Crippen LogP contribution in [0.4, 0.5) is 0 Å². The second-order valence-corrected chi connectivity index (χ2v) is 6.53. The largest absolute Gasteiger partial charge is 0.480 e. The van der Waals surface area contributed by atoms with Gasteiger partial charge in [-0.3, -0.25) is 4.79 Å². The van der Waals surface area contributed by atoms with Gasteiger partial charge in [0.15, 0.2) is 0 Å². The lowest BCUT2D eigenvalue weighted by molar-refractivity contribution is -0.140. The highest BCUT2D eigenvalue weighted by Crippen LogP contribution is 2.40. The van der Waals surface area contributed by atoms with Crippen LogP contribution < -0.4 is 0 Å². The Labute approximate surface area is 104 Å². The highest BCUT2D eigenvalue weighted by molar-refractivity contribution is 8.01. The van der Waals surface area contributed by atoms with Crippen LogP contribution in [-0.2, 0) is 4.79 Å². The molecule has 0 aliphatic heterocycles. The SMILES string of the molecule is CCC(C)CC(CC)(SC(C)CC)C(=O)O. The Morgan fingerprint density at radius 2 is 1.81 bits per heavy atom. The van der Waals surface area contributed by atoms with Crippen LogP contribution in [0.5, 0.6) is 0 Å². The lowest BCUT2D eigenvalue weighted by atomic mass is 9.91. The Hall–Kier alpha value is -0.180. The van der Waals surface area contributed by atoms with Crippen LogP contribution in [-0.4, -0.2) is 21.1 Å². The molecule has 0 spiro atoms. The average molecular weight is 246 g/mol. The fourth-order valence-electron chi connectivity index (χ4n) is 1.74. The van der Waals surface area contributed by atoms with Crippen LogP contribution in [0.25, 0.3) is 0 Å². The molecule has 1 N–H and O–H groups in total. The normalized spacial score (nSPS) is 18.8. The van der Waals surface area contributed by atoms with Gasteiger partial charge in [0.25, 0.3) is 0 Å². The van der Waals surface area contributed by atoms with Gasteiger partial charge in [-0.25, -0.2) is 0 Å². The third-order valence-corrected chi connectivity index (χ3v) is 5.15. The average Bonchev–Trinajstić information content (AvgIpc) is 2.27. The van der Waals surface area contributed by atoms with Crippen LogP contribution in [0.15, 0.2) is 0 Å². The van der Waals surface area contributed by atoms with E-state index < -0.39 is 10.7 Å². The van der Waals surface area contributed by atoms with Crippen LogP contribution in [0.1, 0.15) is 60.3 Å². The van der Waals surface area contributed by atoms with Gasteiger partial charge in [0.2, 0.25) is 0 Å². The molecule has 0 bridgehead atoms. The van der Waals surface area contributed by atoms with Gasteiger partial charge >= 0.3 is 5.97 Å². The molecule has 3 heteroatoms. The third kappa shape index (κ3) is 4.36. The van der Waals surface area contributed by atoms with E-state index in [2.05, 4.69) is 27.7 Å². The predicted octanol–water partition coefficient (Wildman–Crippen LogP) is 4.19. The summed E-state index contributed by atoms with van der Waals surface area (Å²) < 4.78 is -0.579. The number of hydrogen-bond donors (Lipinski definition) is 1. The Morgan fingerprint density at radius 3 is 2.12 bits per heavy atom. The molecule has 0 fully saturated rings. The molecule has 0 aromatic carbocycles. The highest BCUT2D eigenvalue weighted by Gasteiger charge is 2.39. The molecule has 0 aromatic rings. The van der Waals surface area contributed by atoms with Crippen molar-refractivity contribution in [3.8, 4) is 0 Å². The minimum atomic E-state index is -0.638. The molecule has 0 amide bonds. The van der Waals surface area contributed by atoms with Crippen LogP contribution in [0.2, 0.25) is 0 Å². The zero-order chi connectivity index (χ0) is 12.8. The van der Waals surface area contributed by atoms with Crippen molar-refractivity contribution in [1.29, 1.82) is 0 Å². The lowest BCUT2D eigenvalue weighted by Crippen LogP contribution is -2.37. The summed E-state index contributed by atoms with van der Waals surface area (Å²) in [5.41, 5.74) is 0. The molecule has 96 valence electrons. The molecule has 16 heavy (non-hydrogen) atoms. The van der Waals surface area contributed by atoms with E-state index in [0.717, 1.165) is 19.3 Å². The molecule has 3 atom stereocenters. The quantitative estimate of drug-likeness (QED) is 0.698. The monoisotopic (exact) mass is 246 g/mol. The summed E-state index contributed by atoms with van der Waals surface area (Å²) in [7, 11) is 0. The first-order chi connectivity index (χ1) is 7.41. The Morgan fingerprint density at radius 1 is 1.25 bits per heavy atom. The van der Waals surface area contributed by atoms with Crippen molar-refractivity contribution < 1.29 is 9.90 Å². The van der Waals surface area contributed by atoms with E-state index in [1.165, 1.54) is 0 Å². The smallest absolute Gasteiger partial charge is 0.319 e. The first-order valence-electron chi connectivity index (χ1n) is 6.33. The van der Waals surface area contributed by atoms with Gasteiger partial charge in [0.05, 0.1) is 0 Å². The summed E-state index contributed by atoms with van der Waals surface area (Å²) in [6, 6.07) is 0. The minimum Gasteiger partial charge on any atom is -0.480 e. The van der Waals surface area contributed by atoms with Crippen molar-refractivity contribution in [2.45, 2.75) is 70.3 Å². The zero-order valence-electron chi connectivity index (χ0n) is 11.2. The van der Waals surface area contributed by atoms with Crippen molar-refractivity contribution in [3.63, 3.8) is 0 Å². The van der Waals surface area contributed by atoms with E-state index in [-0.39, 0.29) is 0 Å². The maximum Gasteiger partial charge on any atom is 0.319 e. The van der Waals surface area contributed by atoms with Gasteiger partial charge in [-0.05, 0) is 25.2 Å². The number of aliphatic carboxylic acids is 1. The van der Waals surface area contributed by atoms with E-state index in [1.807, 2.05) is 6.92 Å². The number of carboxylic acids is 1. The fourth-order valence-corrected chi connectivity index (χ4v) is 3.33. The molecule has 0 saturated heterocycles. The Balaban J connectivity index is 4.78. The standard InChI is InChI=1S/C13H26O2S/c1-6-10(4)9-13(8-3,12(14)15)16-11(5)7-2/h10-11H,6-9H2,1-5H3,(H,14,15).